The summed E-state index contributed by atoms with van der Waals surface area (Å²) in [6.07, 6.45) is 4.67. The van der Waals surface area contributed by atoms with Crippen molar-refractivity contribution in [1.82, 2.24) is 4.90 Å². The van der Waals surface area contributed by atoms with Gasteiger partial charge in [0.1, 0.15) is 5.75 Å². The van der Waals surface area contributed by atoms with Gasteiger partial charge in [-0.2, -0.15) is 0 Å². The first-order valence-corrected chi connectivity index (χ1v) is 8.45. The molecule has 1 aromatic carbocycles. The van der Waals surface area contributed by atoms with Crippen molar-refractivity contribution in [2.45, 2.75) is 33.1 Å². The van der Waals surface area contributed by atoms with E-state index >= 15 is 0 Å². The lowest BCUT2D eigenvalue weighted by Crippen LogP contribution is -2.28. The predicted molar refractivity (Wildman–Crippen MR) is 89.8 cm³/mol. The van der Waals surface area contributed by atoms with E-state index in [4.69, 9.17) is 4.74 Å². The topological polar surface area (TPSA) is 46.6 Å². The van der Waals surface area contributed by atoms with Gasteiger partial charge in [0.05, 0.1) is 11.5 Å². The minimum atomic E-state index is -0.194. The average Bonchev–Trinajstić information content (AvgIpc) is 2.77. The maximum atomic E-state index is 12.1. The Morgan fingerprint density at radius 3 is 2.50 bits per heavy atom. The van der Waals surface area contributed by atoms with Crippen LogP contribution in [0.3, 0.4) is 0 Å². The lowest BCUT2D eigenvalue weighted by molar-refractivity contribution is -0.122. The van der Waals surface area contributed by atoms with E-state index in [2.05, 4.69) is 6.92 Å². The van der Waals surface area contributed by atoms with E-state index in [1.54, 1.807) is 6.08 Å². The van der Waals surface area contributed by atoms with Crippen LogP contribution >= 0.6 is 11.8 Å². The van der Waals surface area contributed by atoms with Crippen LogP contribution in [0.15, 0.2) is 29.2 Å². The molecule has 0 unspecified atom stereocenters. The number of hydrogen-bond donors (Lipinski definition) is 0. The summed E-state index contributed by atoms with van der Waals surface area (Å²) in [7, 11) is 0. The Kier molecular flexibility index (Phi) is 6.07. The normalized spacial score (nSPS) is 16.6. The molecule has 0 spiro atoms. The van der Waals surface area contributed by atoms with Gasteiger partial charge in [-0.1, -0.05) is 32.4 Å². The number of imide groups is 1. The van der Waals surface area contributed by atoms with Crippen LogP contribution in [-0.2, 0) is 4.79 Å². The van der Waals surface area contributed by atoms with Crippen LogP contribution in [0.1, 0.15) is 38.7 Å². The number of thioether (sulfide) groups is 1. The highest BCUT2D eigenvalue weighted by molar-refractivity contribution is 8.18. The summed E-state index contributed by atoms with van der Waals surface area (Å²) in [5, 5.41) is -0.183. The van der Waals surface area contributed by atoms with Crippen LogP contribution in [0.25, 0.3) is 6.08 Å². The van der Waals surface area contributed by atoms with Crippen LogP contribution in [-0.4, -0.2) is 29.2 Å². The van der Waals surface area contributed by atoms with Crippen LogP contribution in [0.5, 0.6) is 5.75 Å². The molecule has 0 radical (unpaired) electrons. The molecule has 0 aliphatic carbocycles. The van der Waals surface area contributed by atoms with Gasteiger partial charge in [0.25, 0.3) is 11.1 Å². The van der Waals surface area contributed by atoms with Gasteiger partial charge in [-0.25, -0.2) is 0 Å². The number of benzene rings is 1. The molecule has 1 fully saturated rings. The van der Waals surface area contributed by atoms with Crippen LogP contribution in [0.2, 0.25) is 0 Å². The molecule has 0 N–H and O–H groups in total. The minimum Gasteiger partial charge on any atom is -0.494 e. The third-order valence-electron chi connectivity index (χ3n) is 3.27. The van der Waals surface area contributed by atoms with Crippen molar-refractivity contribution >= 4 is 29.0 Å². The summed E-state index contributed by atoms with van der Waals surface area (Å²) in [4.78, 5) is 25.7. The summed E-state index contributed by atoms with van der Waals surface area (Å²) in [6, 6.07) is 7.57. The first-order valence-electron chi connectivity index (χ1n) is 7.64. The molecule has 2 amide bonds. The summed E-state index contributed by atoms with van der Waals surface area (Å²) in [5.74, 6) is 0.629. The monoisotopic (exact) mass is 319 g/mol. The van der Waals surface area contributed by atoms with Gasteiger partial charge in [0, 0.05) is 6.54 Å². The minimum absolute atomic E-state index is 0.183. The van der Waals surface area contributed by atoms with E-state index < -0.39 is 0 Å². The van der Waals surface area contributed by atoms with Crippen LogP contribution in [0.4, 0.5) is 4.79 Å². The molecule has 5 heteroatoms. The molecule has 1 saturated heterocycles. The van der Waals surface area contributed by atoms with Crippen molar-refractivity contribution in [2.24, 2.45) is 0 Å². The highest BCUT2D eigenvalue weighted by Crippen LogP contribution is 2.32. The summed E-state index contributed by atoms with van der Waals surface area (Å²) >= 11 is 1.00. The Labute approximate surface area is 135 Å². The predicted octanol–water partition coefficient (Wildman–Crippen LogP) is 4.31. The van der Waals surface area contributed by atoms with Gasteiger partial charge in [0.15, 0.2) is 0 Å². The summed E-state index contributed by atoms with van der Waals surface area (Å²) < 4.78 is 5.60. The van der Waals surface area contributed by atoms with E-state index in [1.165, 1.54) is 4.90 Å². The third-order valence-corrected chi connectivity index (χ3v) is 4.17. The molecule has 0 bridgehead atoms. The Balaban J connectivity index is 2.03. The van der Waals surface area contributed by atoms with Crippen LogP contribution in [0, 0.1) is 0 Å². The second kappa shape index (κ2) is 8.03. The molecule has 22 heavy (non-hydrogen) atoms. The van der Waals surface area contributed by atoms with Crippen molar-refractivity contribution < 1.29 is 14.3 Å². The molecule has 1 aromatic rings. The van der Waals surface area contributed by atoms with Crippen molar-refractivity contribution in [3.63, 3.8) is 0 Å². The smallest absolute Gasteiger partial charge is 0.293 e. The quantitative estimate of drug-likeness (QED) is 0.555. The van der Waals surface area contributed by atoms with Crippen molar-refractivity contribution in [3.05, 3.63) is 34.7 Å². The second-order valence-corrected chi connectivity index (χ2v) is 6.10. The van der Waals surface area contributed by atoms with Gasteiger partial charge >= 0.3 is 0 Å². The lowest BCUT2D eigenvalue weighted by atomic mass is 10.2. The Morgan fingerprint density at radius 1 is 1.14 bits per heavy atom. The standard InChI is InChI=1S/C17H21NO3S/c1-3-5-11-21-14-8-6-13(7-9-14)12-15-16(19)18(10-4-2)17(20)22-15/h6-9,12H,3-5,10-11H2,1-2H3/b15-12-. The van der Waals surface area contributed by atoms with E-state index in [1.807, 2.05) is 31.2 Å². The molecule has 1 heterocycles. The highest BCUT2D eigenvalue weighted by Gasteiger charge is 2.34. The largest absolute Gasteiger partial charge is 0.494 e. The fraction of sp³-hybridized carbons (Fsp3) is 0.412. The maximum absolute atomic E-state index is 12.1. The summed E-state index contributed by atoms with van der Waals surface area (Å²) in [5.41, 5.74) is 0.893. The first-order chi connectivity index (χ1) is 10.7. The fourth-order valence-corrected chi connectivity index (χ4v) is 2.93. The maximum Gasteiger partial charge on any atom is 0.293 e. The molecule has 1 aliphatic heterocycles. The van der Waals surface area contributed by atoms with E-state index in [0.717, 1.165) is 42.3 Å². The van der Waals surface area contributed by atoms with Crippen molar-refractivity contribution in [3.8, 4) is 5.75 Å². The van der Waals surface area contributed by atoms with Crippen molar-refractivity contribution in [2.75, 3.05) is 13.2 Å². The van der Waals surface area contributed by atoms with E-state index in [-0.39, 0.29) is 11.1 Å². The molecule has 1 aliphatic rings. The SMILES string of the molecule is CCCCOc1ccc(/C=C2\SC(=O)N(CCC)C2=O)cc1. The zero-order chi connectivity index (χ0) is 15.9. The van der Waals surface area contributed by atoms with Gasteiger partial charge in [-0.3, -0.25) is 14.5 Å². The zero-order valence-corrected chi connectivity index (χ0v) is 13.8. The van der Waals surface area contributed by atoms with Gasteiger partial charge < -0.3 is 4.74 Å². The number of amides is 2. The van der Waals surface area contributed by atoms with Crippen molar-refractivity contribution in [1.29, 1.82) is 0 Å². The van der Waals surface area contributed by atoms with Gasteiger partial charge in [-0.05, 0) is 48.4 Å². The molecular weight excluding hydrogens is 298 g/mol. The number of unbranched alkanes of at least 4 members (excludes halogenated alkanes) is 1. The molecule has 4 nitrogen and oxygen atoms in total. The fourth-order valence-electron chi connectivity index (χ4n) is 2.06. The number of nitrogens with zero attached hydrogens (tertiary/aromatic N) is 1. The Bertz CT molecular complexity index is 566. The van der Waals surface area contributed by atoms with Gasteiger partial charge in [0.2, 0.25) is 0 Å². The summed E-state index contributed by atoms with van der Waals surface area (Å²) in [6.45, 7) is 5.26. The Hall–Kier alpha value is -1.75. The van der Waals surface area contributed by atoms with E-state index in [0.29, 0.717) is 18.1 Å². The third kappa shape index (κ3) is 4.13. The molecule has 0 saturated carbocycles. The molecular formula is C17H21NO3S. The lowest BCUT2D eigenvalue weighted by Gasteiger charge is -2.09. The first kappa shape index (κ1) is 16.6. The number of hydrogen-bond acceptors (Lipinski definition) is 4. The number of carbonyl (C=O) groups is 2. The molecule has 0 aromatic heterocycles. The number of rotatable bonds is 7. The molecule has 2 rings (SSSR count). The second-order valence-electron chi connectivity index (χ2n) is 5.10. The van der Waals surface area contributed by atoms with Gasteiger partial charge in [-0.15, -0.1) is 0 Å². The van der Waals surface area contributed by atoms with Crippen LogP contribution < -0.4 is 4.74 Å². The number of ether oxygens (including phenoxy) is 1. The Morgan fingerprint density at radius 2 is 1.86 bits per heavy atom. The average molecular weight is 319 g/mol. The molecule has 0 atom stereocenters. The molecule has 118 valence electrons. The number of carbonyl (C=O) groups excluding carboxylic acids is 2. The highest BCUT2D eigenvalue weighted by atomic mass is 32.2. The zero-order valence-electron chi connectivity index (χ0n) is 13.0. The van der Waals surface area contributed by atoms with E-state index in [9.17, 15) is 9.59 Å².